The van der Waals surface area contributed by atoms with Gasteiger partial charge in [-0.1, -0.05) is 34.6 Å². The van der Waals surface area contributed by atoms with E-state index in [1.807, 2.05) is 0 Å². The maximum Gasteiger partial charge on any atom is 0.00449 e. The molecule has 1 aliphatic rings. The molecule has 1 rings (SSSR count). The zero-order chi connectivity index (χ0) is 12.2. The van der Waals surface area contributed by atoms with Crippen molar-refractivity contribution in [2.24, 2.45) is 17.3 Å². The van der Waals surface area contributed by atoms with Crippen molar-refractivity contribution in [1.29, 1.82) is 0 Å². The summed E-state index contributed by atoms with van der Waals surface area (Å²) in [5, 5.41) is 3.47. The lowest BCUT2D eigenvalue weighted by molar-refractivity contribution is 0.195. The van der Waals surface area contributed by atoms with Gasteiger partial charge in [0.25, 0.3) is 0 Å². The van der Waals surface area contributed by atoms with Gasteiger partial charge in [0.05, 0.1) is 0 Å². The molecule has 0 aromatic heterocycles. The summed E-state index contributed by atoms with van der Waals surface area (Å²) in [5.41, 5.74) is 0.405. The van der Waals surface area contributed by atoms with Gasteiger partial charge in [0.1, 0.15) is 0 Å². The smallest absolute Gasteiger partial charge is 0.00449 e. The van der Waals surface area contributed by atoms with Crippen molar-refractivity contribution >= 4 is 0 Å². The Morgan fingerprint density at radius 2 is 2.06 bits per heavy atom. The fraction of sp³-hybridized carbons (Fsp3) is 1.00. The molecule has 2 nitrogen and oxygen atoms in total. The molecule has 1 fully saturated rings. The molecule has 0 bridgehead atoms. The number of hydrogen-bond acceptors (Lipinski definition) is 2. The fourth-order valence-corrected chi connectivity index (χ4v) is 2.67. The first kappa shape index (κ1) is 14.0. The van der Waals surface area contributed by atoms with Crippen molar-refractivity contribution in [2.45, 2.75) is 41.0 Å². The van der Waals surface area contributed by atoms with E-state index in [0.717, 1.165) is 24.9 Å². The van der Waals surface area contributed by atoms with Crippen LogP contribution in [0.4, 0.5) is 0 Å². The van der Waals surface area contributed by atoms with E-state index < -0.39 is 0 Å². The van der Waals surface area contributed by atoms with Crippen LogP contribution in [0.25, 0.3) is 0 Å². The molecule has 0 aromatic rings. The highest BCUT2D eigenvalue weighted by Gasteiger charge is 2.29. The Balaban J connectivity index is 2.32. The van der Waals surface area contributed by atoms with Gasteiger partial charge in [-0.05, 0) is 36.8 Å². The average Bonchev–Trinajstić information content (AvgIpc) is 2.62. The standard InChI is InChI=1S/C14H30N2/c1-6-15-10-14(4,5)11-16-8-7-13(9-16)12(2)3/h12-13,15H,6-11H2,1-5H3. The van der Waals surface area contributed by atoms with Crippen molar-refractivity contribution in [1.82, 2.24) is 10.2 Å². The van der Waals surface area contributed by atoms with Crippen molar-refractivity contribution < 1.29 is 0 Å². The van der Waals surface area contributed by atoms with Gasteiger partial charge >= 0.3 is 0 Å². The van der Waals surface area contributed by atoms with Crippen LogP contribution in [-0.2, 0) is 0 Å². The summed E-state index contributed by atoms with van der Waals surface area (Å²) in [6.07, 6.45) is 1.40. The second kappa shape index (κ2) is 6.02. The molecular formula is C14H30N2. The lowest BCUT2D eigenvalue weighted by atomic mass is 9.92. The molecule has 16 heavy (non-hydrogen) atoms. The van der Waals surface area contributed by atoms with Crippen LogP contribution in [0.15, 0.2) is 0 Å². The lowest BCUT2D eigenvalue weighted by Gasteiger charge is -2.30. The number of nitrogens with zero attached hydrogens (tertiary/aromatic N) is 1. The van der Waals surface area contributed by atoms with E-state index >= 15 is 0 Å². The molecule has 1 heterocycles. The molecule has 0 aliphatic carbocycles. The molecule has 1 unspecified atom stereocenters. The average molecular weight is 226 g/mol. The first-order chi connectivity index (χ1) is 7.44. The highest BCUT2D eigenvalue weighted by molar-refractivity contribution is 4.83. The first-order valence-electron chi connectivity index (χ1n) is 6.87. The van der Waals surface area contributed by atoms with Gasteiger partial charge in [-0.3, -0.25) is 0 Å². The molecular weight excluding hydrogens is 196 g/mol. The maximum absolute atomic E-state index is 3.47. The van der Waals surface area contributed by atoms with E-state index in [9.17, 15) is 0 Å². The molecule has 0 amide bonds. The van der Waals surface area contributed by atoms with Crippen molar-refractivity contribution in [3.8, 4) is 0 Å². The zero-order valence-corrected chi connectivity index (χ0v) is 11.8. The van der Waals surface area contributed by atoms with E-state index in [1.165, 1.54) is 26.1 Å². The first-order valence-corrected chi connectivity index (χ1v) is 6.87. The minimum atomic E-state index is 0.405. The Morgan fingerprint density at radius 1 is 1.38 bits per heavy atom. The molecule has 2 heteroatoms. The number of rotatable bonds is 6. The van der Waals surface area contributed by atoms with Crippen LogP contribution >= 0.6 is 0 Å². The van der Waals surface area contributed by atoms with Crippen LogP contribution in [0.3, 0.4) is 0 Å². The highest BCUT2D eigenvalue weighted by atomic mass is 15.2. The van der Waals surface area contributed by atoms with Gasteiger partial charge in [0, 0.05) is 19.6 Å². The maximum atomic E-state index is 3.47. The van der Waals surface area contributed by atoms with E-state index in [2.05, 4.69) is 44.8 Å². The summed E-state index contributed by atoms with van der Waals surface area (Å²) in [6.45, 7) is 17.7. The second-order valence-electron chi connectivity index (χ2n) is 6.47. The van der Waals surface area contributed by atoms with Crippen LogP contribution < -0.4 is 5.32 Å². The molecule has 1 saturated heterocycles. The Morgan fingerprint density at radius 3 is 2.56 bits per heavy atom. The molecule has 1 N–H and O–H groups in total. The Bertz CT molecular complexity index is 199. The minimum absolute atomic E-state index is 0.405. The molecule has 0 aromatic carbocycles. The third-order valence-electron chi connectivity index (χ3n) is 3.76. The summed E-state index contributed by atoms with van der Waals surface area (Å²) < 4.78 is 0. The predicted molar refractivity (Wildman–Crippen MR) is 71.7 cm³/mol. The Kier molecular flexibility index (Phi) is 5.26. The third-order valence-corrected chi connectivity index (χ3v) is 3.76. The third kappa shape index (κ3) is 4.42. The van der Waals surface area contributed by atoms with Crippen LogP contribution in [0, 0.1) is 17.3 Å². The molecule has 96 valence electrons. The van der Waals surface area contributed by atoms with Gasteiger partial charge in [0.2, 0.25) is 0 Å². The minimum Gasteiger partial charge on any atom is -0.316 e. The number of nitrogens with one attached hydrogen (secondary N) is 1. The van der Waals surface area contributed by atoms with Crippen LogP contribution in [0.2, 0.25) is 0 Å². The van der Waals surface area contributed by atoms with E-state index in [4.69, 9.17) is 0 Å². The molecule has 0 saturated carbocycles. The second-order valence-corrected chi connectivity index (χ2v) is 6.47. The van der Waals surface area contributed by atoms with Crippen LogP contribution in [0.1, 0.15) is 41.0 Å². The van der Waals surface area contributed by atoms with Gasteiger partial charge < -0.3 is 10.2 Å². The summed E-state index contributed by atoms with van der Waals surface area (Å²) in [6, 6.07) is 0. The molecule has 1 atom stereocenters. The number of likely N-dealkylation sites (tertiary alicyclic amines) is 1. The summed E-state index contributed by atoms with van der Waals surface area (Å²) >= 11 is 0. The van der Waals surface area contributed by atoms with E-state index in [-0.39, 0.29) is 0 Å². The largest absolute Gasteiger partial charge is 0.316 e. The monoisotopic (exact) mass is 226 g/mol. The van der Waals surface area contributed by atoms with E-state index in [1.54, 1.807) is 0 Å². The van der Waals surface area contributed by atoms with Gasteiger partial charge in [-0.25, -0.2) is 0 Å². The fourth-order valence-electron chi connectivity index (χ4n) is 2.67. The molecule has 1 aliphatic heterocycles. The van der Waals surface area contributed by atoms with Crippen LogP contribution in [-0.4, -0.2) is 37.6 Å². The quantitative estimate of drug-likeness (QED) is 0.749. The Labute approximate surface area is 102 Å². The Hall–Kier alpha value is -0.0800. The van der Waals surface area contributed by atoms with Crippen molar-refractivity contribution in [3.05, 3.63) is 0 Å². The van der Waals surface area contributed by atoms with Crippen molar-refractivity contribution in [2.75, 3.05) is 32.7 Å². The van der Waals surface area contributed by atoms with Crippen LogP contribution in [0.5, 0.6) is 0 Å². The zero-order valence-electron chi connectivity index (χ0n) is 11.8. The SMILES string of the molecule is CCNCC(C)(C)CN1CCC(C(C)C)C1. The topological polar surface area (TPSA) is 15.3 Å². The highest BCUT2D eigenvalue weighted by Crippen LogP contribution is 2.26. The lowest BCUT2D eigenvalue weighted by Crippen LogP contribution is -2.39. The van der Waals surface area contributed by atoms with E-state index in [0.29, 0.717) is 5.41 Å². The van der Waals surface area contributed by atoms with Gasteiger partial charge in [-0.2, -0.15) is 0 Å². The van der Waals surface area contributed by atoms with Crippen molar-refractivity contribution in [3.63, 3.8) is 0 Å². The van der Waals surface area contributed by atoms with Gasteiger partial charge in [0.15, 0.2) is 0 Å². The number of hydrogen-bond donors (Lipinski definition) is 1. The predicted octanol–water partition coefficient (Wildman–Crippen LogP) is 2.60. The molecule has 0 spiro atoms. The summed E-state index contributed by atoms with van der Waals surface area (Å²) in [4.78, 5) is 2.65. The van der Waals surface area contributed by atoms with Gasteiger partial charge in [-0.15, -0.1) is 0 Å². The summed E-state index contributed by atoms with van der Waals surface area (Å²) in [5.74, 6) is 1.77. The molecule has 0 radical (unpaired) electrons. The summed E-state index contributed by atoms with van der Waals surface area (Å²) in [7, 11) is 0. The normalized spacial score (nSPS) is 23.2.